The molecule has 3 heteroatoms. The van der Waals surface area contributed by atoms with Gasteiger partial charge in [-0.05, 0) is 55.4 Å². The van der Waals surface area contributed by atoms with Crippen molar-refractivity contribution in [2.24, 2.45) is 5.92 Å². The maximum atomic E-state index is 9.06. The molecular formula is C14H20BrNO. The largest absolute Gasteiger partial charge is 0.396 e. The van der Waals surface area contributed by atoms with Gasteiger partial charge in [-0.1, -0.05) is 22.0 Å². The van der Waals surface area contributed by atoms with E-state index >= 15 is 0 Å². The van der Waals surface area contributed by atoms with Crippen LogP contribution in [0, 0.1) is 12.8 Å². The van der Waals surface area contributed by atoms with Gasteiger partial charge in [-0.15, -0.1) is 0 Å². The van der Waals surface area contributed by atoms with Crippen molar-refractivity contribution in [1.82, 2.24) is 5.32 Å². The monoisotopic (exact) mass is 297 g/mol. The fourth-order valence-corrected chi connectivity index (χ4v) is 2.72. The first-order chi connectivity index (χ1) is 8.20. The third-order valence-electron chi connectivity index (χ3n) is 3.49. The predicted molar refractivity (Wildman–Crippen MR) is 73.9 cm³/mol. The Morgan fingerprint density at radius 1 is 1.47 bits per heavy atom. The highest BCUT2D eigenvalue weighted by Crippen LogP contribution is 2.34. The van der Waals surface area contributed by atoms with Gasteiger partial charge in [-0.3, -0.25) is 0 Å². The molecule has 0 bridgehead atoms. The van der Waals surface area contributed by atoms with Crippen LogP contribution in [0.25, 0.3) is 0 Å². The Bertz CT molecular complexity index is 376. The number of aryl methyl sites for hydroxylation is 1. The summed E-state index contributed by atoms with van der Waals surface area (Å²) in [5, 5.41) is 12.6. The Hall–Kier alpha value is -0.380. The van der Waals surface area contributed by atoms with Gasteiger partial charge in [0.15, 0.2) is 0 Å². The molecule has 1 aromatic rings. The molecule has 0 heterocycles. The molecule has 94 valence electrons. The number of benzene rings is 1. The number of rotatable bonds is 6. The van der Waals surface area contributed by atoms with Gasteiger partial charge in [-0.25, -0.2) is 0 Å². The average molecular weight is 298 g/mol. The van der Waals surface area contributed by atoms with Crippen LogP contribution in [0.15, 0.2) is 22.7 Å². The van der Waals surface area contributed by atoms with Crippen molar-refractivity contribution in [3.63, 3.8) is 0 Å². The first-order valence-corrected chi connectivity index (χ1v) is 7.09. The van der Waals surface area contributed by atoms with Crippen LogP contribution in [-0.2, 0) is 6.54 Å². The maximum absolute atomic E-state index is 9.06. The third-order valence-corrected chi connectivity index (χ3v) is 3.98. The maximum Gasteiger partial charge on any atom is 0.0445 e. The number of halogens is 1. The zero-order valence-corrected chi connectivity index (χ0v) is 11.8. The fourth-order valence-electron chi connectivity index (χ4n) is 2.24. The van der Waals surface area contributed by atoms with E-state index in [0.29, 0.717) is 6.04 Å². The summed E-state index contributed by atoms with van der Waals surface area (Å²) in [6, 6.07) is 6.88. The Morgan fingerprint density at radius 2 is 2.24 bits per heavy atom. The summed E-state index contributed by atoms with van der Waals surface area (Å²) in [6.45, 7) is 3.33. The molecule has 0 spiro atoms. The van der Waals surface area contributed by atoms with E-state index in [-0.39, 0.29) is 6.61 Å². The van der Waals surface area contributed by atoms with Crippen LogP contribution in [0.1, 0.15) is 30.4 Å². The molecule has 1 unspecified atom stereocenters. The lowest BCUT2D eigenvalue weighted by atomic mass is 10.1. The lowest BCUT2D eigenvalue weighted by Gasteiger charge is -2.18. The minimum absolute atomic E-state index is 0.285. The molecule has 0 radical (unpaired) electrons. The van der Waals surface area contributed by atoms with Gasteiger partial charge < -0.3 is 10.4 Å². The molecular weight excluding hydrogens is 278 g/mol. The van der Waals surface area contributed by atoms with Crippen molar-refractivity contribution >= 4 is 15.9 Å². The molecule has 1 aliphatic rings. The predicted octanol–water partition coefficient (Wildman–Crippen LogP) is 3.01. The van der Waals surface area contributed by atoms with E-state index < -0.39 is 0 Å². The lowest BCUT2D eigenvalue weighted by molar-refractivity contribution is 0.255. The van der Waals surface area contributed by atoms with Gasteiger partial charge in [0.25, 0.3) is 0 Å². The summed E-state index contributed by atoms with van der Waals surface area (Å²) >= 11 is 3.48. The first-order valence-electron chi connectivity index (χ1n) is 6.30. The van der Waals surface area contributed by atoms with E-state index in [1.165, 1.54) is 24.0 Å². The molecule has 1 aromatic carbocycles. The minimum Gasteiger partial charge on any atom is -0.396 e. The summed E-state index contributed by atoms with van der Waals surface area (Å²) in [6.07, 6.45) is 3.51. The smallest absolute Gasteiger partial charge is 0.0445 e. The molecule has 17 heavy (non-hydrogen) atoms. The van der Waals surface area contributed by atoms with Gasteiger partial charge in [0.2, 0.25) is 0 Å². The number of aliphatic hydroxyl groups excluding tert-OH is 1. The van der Waals surface area contributed by atoms with Crippen molar-refractivity contribution in [2.75, 3.05) is 6.61 Å². The third kappa shape index (κ3) is 3.80. The van der Waals surface area contributed by atoms with Crippen LogP contribution >= 0.6 is 15.9 Å². The van der Waals surface area contributed by atoms with E-state index in [9.17, 15) is 0 Å². The molecule has 2 rings (SSSR count). The Morgan fingerprint density at radius 3 is 2.82 bits per heavy atom. The van der Waals surface area contributed by atoms with Crippen LogP contribution < -0.4 is 5.32 Å². The SMILES string of the molecule is Cc1cc(Br)ccc1CNC(CCO)C1CC1. The Balaban J connectivity index is 1.91. The highest BCUT2D eigenvalue weighted by Gasteiger charge is 2.30. The highest BCUT2D eigenvalue weighted by molar-refractivity contribution is 9.10. The molecule has 0 amide bonds. The van der Waals surface area contributed by atoms with E-state index in [1.807, 2.05) is 0 Å². The van der Waals surface area contributed by atoms with Crippen molar-refractivity contribution in [2.45, 2.75) is 38.8 Å². The van der Waals surface area contributed by atoms with Gasteiger partial charge in [-0.2, -0.15) is 0 Å². The van der Waals surface area contributed by atoms with Crippen molar-refractivity contribution in [3.05, 3.63) is 33.8 Å². The molecule has 0 saturated heterocycles. The van der Waals surface area contributed by atoms with Gasteiger partial charge in [0.1, 0.15) is 0 Å². The summed E-state index contributed by atoms with van der Waals surface area (Å²) in [7, 11) is 0. The molecule has 1 fully saturated rings. The summed E-state index contributed by atoms with van der Waals surface area (Å²) in [4.78, 5) is 0. The van der Waals surface area contributed by atoms with Crippen LogP contribution in [0.4, 0.5) is 0 Å². The number of aliphatic hydroxyl groups is 1. The molecule has 2 nitrogen and oxygen atoms in total. The summed E-state index contributed by atoms with van der Waals surface area (Å²) < 4.78 is 1.13. The first kappa shape index (κ1) is 13.1. The fraction of sp³-hybridized carbons (Fsp3) is 0.571. The number of nitrogens with one attached hydrogen (secondary N) is 1. The molecule has 1 aliphatic carbocycles. The number of hydrogen-bond acceptors (Lipinski definition) is 2. The summed E-state index contributed by atoms with van der Waals surface area (Å²) in [5.74, 6) is 0.790. The second-order valence-electron chi connectivity index (χ2n) is 4.91. The van der Waals surface area contributed by atoms with E-state index in [2.05, 4.69) is 46.4 Å². The van der Waals surface area contributed by atoms with Gasteiger partial charge >= 0.3 is 0 Å². The zero-order chi connectivity index (χ0) is 12.3. The van der Waals surface area contributed by atoms with E-state index in [4.69, 9.17) is 5.11 Å². The molecule has 0 aromatic heterocycles. The quantitative estimate of drug-likeness (QED) is 0.846. The van der Waals surface area contributed by atoms with E-state index in [0.717, 1.165) is 23.4 Å². The lowest BCUT2D eigenvalue weighted by Crippen LogP contribution is -2.31. The Kier molecular flexibility index (Phi) is 4.60. The van der Waals surface area contributed by atoms with Gasteiger partial charge in [0, 0.05) is 23.7 Å². The summed E-state index contributed by atoms with van der Waals surface area (Å²) in [5.41, 5.74) is 2.65. The normalized spacial score (nSPS) is 17.1. The van der Waals surface area contributed by atoms with Crippen LogP contribution in [0.5, 0.6) is 0 Å². The Labute approximate surface area is 112 Å². The van der Waals surface area contributed by atoms with Gasteiger partial charge in [0.05, 0.1) is 0 Å². The molecule has 1 saturated carbocycles. The zero-order valence-electron chi connectivity index (χ0n) is 10.2. The van der Waals surface area contributed by atoms with Crippen LogP contribution in [0.3, 0.4) is 0 Å². The topological polar surface area (TPSA) is 32.3 Å². The number of hydrogen-bond donors (Lipinski definition) is 2. The highest BCUT2D eigenvalue weighted by atomic mass is 79.9. The van der Waals surface area contributed by atoms with Crippen LogP contribution in [0.2, 0.25) is 0 Å². The molecule has 2 N–H and O–H groups in total. The standard InChI is InChI=1S/C14H20BrNO/c1-10-8-13(15)5-4-12(10)9-16-14(6-7-17)11-2-3-11/h4-5,8,11,14,16-17H,2-3,6-7,9H2,1H3. The van der Waals surface area contributed by atoms with Crippen molar-refractivity contribution in [3.8, 4) is 0 Å². The second kappa shape index (κ2) is 5.98. The van der Waals surface area contributed by atoms with E-state index in [1.54, 1.807) is 0 Å². The molecule has 0 aliphatic heterocycles. The van der Waals surface area contributed by atoms with Crippen molar-refractivity contribution in [1.29, 1.82) is 0 Å². The second-order valence-corrected chi connectivity index (χ2v) is 5.82. The molecule has 1 atom stereocenters. The average Bonchev–Trinajstić information content (AvgIpc) is 3.10. The van der Waals surface area contributed by atoms with Crippen LogP contribution in [-0.4, -0.2) is 17.8 Å². The minimum atomic E-state index is 0.285. The van der Waals surface area contributed by atoms with Crippen molar-refractivity contribution < 1.29 is 5.11 Å².